The maximum atomic E-state index is 12.5. The lowest BCUT2D eigenvalue weighted by atomic mass is 10.1. The molecule has 1 N–H and O–H groups in total. The van der Waals surface area contributed by atoms with Crippen molar-refractivity contribution in [2.45, 2.75) is 13.5 Å². The molecular weight excluding hydrogens is 574 g/mol. The number of nitriles is 1. The highest BCUT2D eigenvalue weighted by molar-refractivity contribution is 14.1. The van der Waals surface area contributed by atoms with Crippen LogP contribution in [0.4, 0.5) is 5.69 Å². The first-order valence-corrected chi connectivity index (χ1v) is 11.8. The lowest BCUT2D eigenvalue weighted by Crippen LogP contribution is -2.13. The maximum absolute atomic E-state index is 12.5. The number of rotatable bonds is 8. The summed E-state index contributed by atoms with van der Waals surface area (Å²) in [5.41, 5.74) is 1.88. The van der Waals surface area contributed by atoms with E-state index in [0.717, 1.165) is 3.57 Å². The third-order valence-corrected chi connectivity index (χ3v) is 5.97. The summed E-state index contributed by atoms with van der Waals surface area (Å²) in [5, 5.41) is 13.3. The highest BCUT2D eigenvalue weighted by atomic mass is 127. The maximum Gasteiger partial charge on any atom is 0.266 e. The van der Waals surface area contributed by atoms with E-state index in [1.165, 1.54) is 6.08 Å². The first-order valence-electron chi connectivity index (χ1n) is 9.93. The van der Waals surface area contributed by atoms with Crippen LogP contribution in [-0.4, -0.2) is 12.5 Å². The molecule has 0 atom stereocenters. The van der Waals surface area contributed by atoms with E-state index >= 15 is 0 Å². The van der Waals surface area contributed by atoms with E-state index in [9.17, 15) is 10.1 Å². The lowest BCUT2D eigenvalue weighted by Gasteiger charge is -2.16. The quantitative estimate of drug-likeness (QED) is 0.172. The third kappa shape index (κ3) is 6.64. The molecule has 0 heterocycles. The van der Waals surface area contributed by atoms with Crippen molar-refractivity contribution in [3.8, 4) is 17.6 Å². The van der Waals surface area contributed by atoms with Gasteiger partial charge in [0.05, 0.1) is 10.2 Å². The Kier molecular flexibility index (Phi) is 9.01. The van der Waals surface area contributed by atoms with Crippen LogP contribution in [0.2, 0.25) is 10.0 Å². The molecule has 0 saturated heterocycles. The van der Waals surface area contributed by atoms with Crippen LogP contribution in [-0.2, 0) is 11.4 Å². The molecular formula is C25H19Cl2IN2O3. The van der Waals surface area contributed by atoms with Crippen LogP contribution in [0.15, 0.2) is 66.2 Å². The number of nitrogens with zero attached hydrogens (tertiary/aromatic N) is 1. The van der Waals surface area contributed by atoms with Crippen LogP contribution in [0.3, 0.4) is 0 Å². The van der Waals surface area contributed by atoms with Gasteiger partial charge in [-0.2, -0.15) is 5.26 Å². The summed E-state index contributed by atoms with van der Waals surface area (Å²) in [7, 11) is 0. The van der Waals surface area contributed by atoms with Gasteiger partial charge in [-0.3, -0.25) is 4.79 Å². The Morgan fingerprint density at radius 1 is 1.09 bits per heavy atom. The van der Waals surface area contributed by atoms with Crippen LogP contribution < -0.4 is 14.8 Å². The van der Waals surface area contributed by atoms with Gasteiger partial charge in [0.2, 0.25) is 0 Å². The Hall–Kier alpha value is -2.73. The SMILES string of the molecule is CCOc1cc(/C=C(/C#N)C(=O)Nc2ccccc2)cc(I)c1OCc1c(Cl)cccc1Cl. The second kappa shape index (κ2) is 11.9. The van der Waals surface area contributed by atoms with Crippen LogP contribution in [0, 0.1) is 14.9 Å². The molecule has 8 heteroatoms. The molecule has 168 valence electrons. The Labute approximate surface area is 216 Å². The number of amides is 1. The van der Waals surface area contributed by atoms with Gasteiger partial charge in [-0.05, 0) is 77.6 Å². The second-order valence-corrected chi connectivity index (χ2v) is 8.72. The topological polar surface area (TPSA) is 71.3 Å². The van der Waals surface area contributed by atoms with Crippen molar-refractivity contribution in [2.75, 3.05) is 11.9 Å². The Balaban J connectivity index is 1.87. The minimum Gasteiger partial charge on any atom is -0.490 e. The largest absolute Gasteiger partial charge is 0.490 e. The van der Waals surface area contributed by atoms with Gasteiger partial charge in [0.1, 0.15) is 18.2 Å². The standard InChI is InChI=1S/C25H19Cl2IN2O3/c1-2-32-23-13-16(11-17(14-29)25(31)30-18-7-4-3-5-8-18)12-22(28)24(23)33-15-19-20(26)9-6-10-21(19)27/h3-13H,2,15H2,1H3,(H,30,31)/b17-11-. The summed E-state index contributed by atoms with van der Waals surface area (Å²) < 4.78 is 12.5. The lowest BCUT2D eigenvalue weighted by molar-refractivity contribution is -0.112. The average Bonchev–Trinajstić information content (AvgIpc) is 2.79. The summed E-state index contributed by atoms with van der Waals surface area (Å²) >= 11 is 14.6. The second-order valence-electron chi connectivity index (χ2n) is 6.74. The summed E-state index contributed by atoms with van der Waals surface area (Å²) in [6.07, 6.45) is 1.51. The van der Waals surface area contributed by atoms with E-state index in [4.69, 9.17) is 32.7 Å². The third-order valence-electron chi connectivity index (χ3n) is 4.46. The van der Waals surface area contributed by atoms with Crippen LogP contribution in [0.25, 0.3) is 6.08 Å². The zero-order valence-corrected chi connectivity index (χ0v) is 21.2. The minimum absolute atomic E-state index is 0.0337. The van der Waals surface area contributed by atoms with E-state index in [-0.39, 0.29) is 12.2 Å². The molecule has 0 aliphatic rings. The summed E-state index contributed by atoms with van der Waals surface area (Å²) in [6.45, 7) is 2.43. The fraction of sp³-hybridized carbons (Fsp3) is 0.120. The van der Waals surface area contributed by atoms with Crippen LogP contribution in [0.5, 0.6) is 11.5 Å². The van der Waals surface area contributed by atoms with E-state index in [2.05, 4.69) is 27.9 Å². The van der Waals surface area contributed by atoms with Crippen molar-refractivity contribution in [1.82, 2.24) is 0 Å². The number of carbonyl (C=O) groups excluding carboxylic acids is 1. The molecule has 0 fully saturated rings. The molecule has 1 amide bonds. The number of nitrogens with one attached hydrogen (secondary N) is 1. The fourth-order valence-corrected chi connectivity index (χ4v) is 4.21. The smallest absolute Gasteiger partial charge is 0.266 e. The average molecular weight is 593 g/mol. The van der Waals surface area contributed by atoms with E-state index in [0.29, 0.717) is 45.0 Å². The molecule has 33 heavy (non-hydrogen) atoms. The molecule has 3 aromatic carbocycles. The molecule has 0 aromatic heterocycles. The Morgan fingerprint density at radius 2 is 1.79 bits per heavy atom. The predicted octanol–water partition coefficient (Wildman–Crippen LogP) is 7.12. The van der Waals surface area contributed by atoms with E-state index in [1.807, 2.05) is 19.1 Å². The fourth-order valence-electron chi connectivity index (χ4n) is 2.92. The van der Waals surface area contributed by atoms with Gasteiger partial charge in [-0.25, -0.2) is 0 Å². The number of carbonyl (C=O) groups is 1. The highest BCUT2D eigenvalue weighted by Crippen LogP contribution is 2.36. The van der Waals surface area contributed by atoms with Crippen LogP contribution in [0.1, 0.15) is 18.1 Å². The van der Waals surface area contributed by atoms with Crippen molar-refractivity contribution in [2.24, 2.45) is 0 Å². The van der Waals surface area contributed by atoms with Gasteiger partial charge in [0, 0.05) is 21.3 Å². The highest BCUT2D eigenvalue weighted by Gasteiger charge is 2.16. The summed E-state index contributed by atoms with van der Waals surface area (Å²) in [5.74, 6) is 0.516. The molecule has 0 radical (unpaired) electrons. The minimum atomic E-state index is -0.495. The van der Waals surface area contributed by atoms with Crippen molar-refractivity contribution in [1.29, 1.82) is 5.26 Å². The van der Waals surface area contributed by atoms with Gasteiger partial charge < -0.3 is 14.8 Å². The van der Waals surface area contributed by atoms with E-state index in [1.54, 1.807) is 54.6 Å². The number of hydrogen-bond donors (Lipinski definition) is 1. The number of para-hydroxylation sites is 1. The van der Waals surface area contributed by atoms with Crippen molar-refractivity contribution < 1.29 is 14.3 Å². The Bertz CT molecular complexity index is 1200. The number of ether oxygens (including phenoxy) is 2. The van der Waals surface area contributed by atoms with Gasteiger partial charge in [-0.1, -0.05) is 47.5 Å². The molecule has 0 bridgehead atoms. The number of benzene rings is 3. The zero-order valence-electron chi connectivity index (χ0n) is 17.6. The molecule has 0 saturated carbocycles. The first-order chi connectivity index (χ1) is 15.9. The number of anilines is 1. The summed E-state index contributed by atoms with van der Waals surface area (Å²) in [4.78, 5) is 12.5. The normalized spacial score (nSPS) is 10.9. The zero-order chi connectivity index (χ0) is 23.8. The van der Waals surface area contributed by atoms with Crippen LogP contribution >= 0.6 is 45.8 Å². The molecule has 0 aliphatic carbocycles. The van der Waals surface area contributed by atoms with Crippen molar-refractivity contribution in [3.63, 3.8) is 0 Å². The predicted molar refractivity (Wildman–Crippen MR) is 140 cm³/mol. The molecule has 3 aromatic rings. The monoisotopic (exact) mass is 592 g/mol. The Morgan fingerprint density at radius 3 is 2.42 bits per heavy atom. The van der Waals surface area contributed by atoms with Gasteiger partial charge >= 0.3 is 0 Å². The summed E-state index contributed by atoms with van der Waals surface area (Å²) in [6, 6.07) is 19.7. The molecule has 0 spiro atoms. The first kappa shape index (κ1) is 24.9. The van der Waals surface area contributed by atoms with E-state index < -0.39 is 5.91 Å². The van der Waals surface area contributed by atoms with Crippen molar-refractivity contribution in [3.05, 3.63) is 91.0 Å². The number of hydrogen-bond acceptors (Lipinski definition) is 4. The van der Waals surface area contributed by atoms with Gasteiger partial charge in [0.15, 0.2) is 11.5 Å². The number of halogens is 3. The molecule has 0 unspecified atom stereocenters. The van der Waals surface area contributed by atoms with Gasteiger partial charge in [0.25, 0.3) is 5.91 Å². The molecule has 0 aliphatic heterocycles. The van der Waals surface area contributed by atoms with Gasteiger partial charge in [-0.15, -0.1) is 0 Å². The molecule has 3 rings (SSSR count). The van der Waals surface area contributed by atoms with Crippen molar-refractivity contribution >= 4 is 63.5 Å². The molecule has 5 nitrogen and oxygen atoms in total.